The monoisotopic (exact) mass is 330 g/mol. The van der Waals surface area contributed by atoms with Gasteiger partial charge in [-0.1, -0.05) is 24.3 Å². The fourth-order valence-electron chi connectivity index (χ4n) is 2.60. The van der Waals surface area contributed by atoms with Crippen molar-refractivity contribution >= 4 is 22.9 Å². The third-order valence-electron chi connectivity index (χ3n) is 3.74. The van der Waals surface area contributed by atoms with Crippen LogP contribution in [0.4, 0.5) is 5.69 Å². The molecule has 0 unspecified atom stereocenters. The van der Waals surface area contributed by atoms with Crippen LogP contribution in [-0.2, 0) is 9.53 Å². The summed E-state index contributed by atoms with van der Waals surface area (Å²) in [5.74, 6) is 0.361. The molecule has 2 aromatic rings. The van der Waals surface area contributed by atoms with E-state index in [9.17, 15) is 9.90 Å². The quantitative estimate of drug-likeness (QED) is 0.829. The Bertz CT molecular complexity index is 674. The van der Waals surface area contributed by atoms with E-state index < -0.39 is 0 Å². The first-order valence-electron chi connectivity index (χ1n) is 8.20. The van der Waals surface area contributed by atoms with Crippen molar-refractivity contribution in [3.63, 3.8) is 0 Å². The zero-order valence-electron chi connectivity index (χ0n) is 14.6. The second-order valence-corrected chi connectivity index (χ2v) is 6.71. The predicted octanol–water partition coefficient (Wildman–Crippen LogP) is 2.91. The number of carbonyl (C=O) groups is 1. The highest BCUT2D eigenvalue weighted by Gasteiger charge is 2.13. The van der Waals surface area contributed by atoms with Crippen molar-refractivity contribution in [2.24, 2.45) is 0 Å². The van der Waals surface area contributed by atoms with E-state index in [0.717, 1.165) is 37.0 Å². The minimum Gasteiger partial charge on any atom is -0.507 e. The molecule has 24 heavy (non-hydrogen) atoms. The summed E-state index contributed by atoms with van der Waals surface area (Å²) in [5.41, 5.74) is 0.904. The Labute approximate surface area is 143 Å². The summed E-state index contributed by atoms with van der Waals surface area (Å²) < 4.78 is 4.55. The summed E-state index contributed by atoms with van der Waals surface area (Å²) in [6.45, 7) is 10.0. The van der Waals surface area contributed by atoms with Gasteiger partial charge in [0.1, 0.15) is 11.4 Å². The number of phenols is 1. The number of anilines is 1. The largest absolute Gasteiger partial charge is 0.507 e. The number of benzene rings is 2. The summed E-state index contributed by atoms with van der Waals surface area (Å²) in [5, 5.41) is 15.3. The number of aromatic hydroxyl groups is 1. The van der Waals surface area contributed by atoms with E-state index in [2.05, 4.69) is 27.1 Å². The number of nitrogens with zero attached hydrogens (tertiary/aromatic N) is 1. The summed E-state index contributed by atoms with van der Waals surface area (Å²) >= 11 is 0. The van der Waals surface area contributed by atoms with Crippen LogP contribution in [0.1, 0.15) is 20.8 Å². The van der Waals surface area contributed by atoms with Crippen LogP contribution < -0.4 is 10.2 Å². The van der Waals surface area contributed by atoms with Gasteiger partial charge in [-0.2, -0.15) is 0 Å². The lowest BCUT2D eigenvalue weighted by molar-refractivity contribution is -0.138. The molecule has 0 spiro atoms. The molecular weight excluding hydrogens is 304 g/mol. The number of fused-ring (bicyclic) bond motifs is 1. The molecule has 0 aromatic heterocycles. The molecule has 2 aromatic carbocycles. The van der Waals surface area contributed by atoms with Crippen molar-refractivity contribution in [2.75, 3.05) is 31.1 Å². The molecule has 0 atom stereocenters. The Morgan fingerprint density at radius 3 is 2.29 bits per heavy atom. The molecule has 130 valence electrons. The molecule has 0 aliphatic carbocycles. The Balaban J connectivity index is 0.000000256. The van der Waals surface area contributed by atoms with Gasteiger partial charge in [0.25, 0.3) is 6.47 Å². The maximum Gasteiger partial charge on any atom is 0.293 e. The Kier molecular flexibility index (Phi) is 6.04. The maximum absolute atomic E-state index is 9.86. The van der Waals surface area contributed by atoms with Crippen LogP contribution in [0.25, 0.3) is 10.8 Å². The molecule has 1 aliphatic heterocycles. The lowest BCUT2D eigenvalue weighted by atomic mass is 10.1. The highest BCUT2D eigenvalue weighted by atomic mass is 16.5. The molecule has 0 amide bonds. The van der Waals surface area contributed by atoms with Crippen LogP contribution in [0.15, 0.2) is 36.4 Å². The highest BCUT2D eigenvalue weighted by molar-refractivity contribution is 5.97. The molecule has 0 bridgehead atoms. The molecule has 3 rings (SSSR count). The minimum atomic E-state index is -0.318. The van der Waals surface area contributed by atoms with Crippen molar-refractivity contribution in [3.05, 3.63) is 36.4 Å². The third kappa shape index (κ3) is 4.86. The zero-order chi connectivity index (χ0) is 17.6. The predicted molar refractivity (Wildman–Crippen MR) is 97.6 cm³/mol. The van der Waals surface area contributed by atoms with Gasteiger partial charge < -0.3 is 20.1 Å². The Morgan fingerprint density at radius 1 is 1.08 bits per heavy atom. The van der Waals surface area contributed by atoms with Gasteiger partial charge in [-0.3, -0.25) is 4.79 Å². The van der Waals surface area contributed by atoms with E-state index in [0.29, 0.717) is 12.2 Å². The summed E-state index contributed by atoms with van der Waals surface area (Å²) in [6.07, 6.45) is 0. The molecule has 1 fully saturated rings. The number of carbonyl (C=O) groups excluding carboxylic acids is 1. The molecule has 2 N–H and O–H groups in total. The van der Waals surface area contributed by atoms with E-state index >= 15 is 0 Å². The van der Waals surface area contributed by atoms with E-state index in [1.54, 1.807) is 6.07 Å². The normalized spacial score (nSPS) is 14.7. The van der Waals surface area contributed by atoms with Gasteiger partial charge in [0.05, 0.1) is 0 Å². The van der Waals surface area contributed by atoms with Crippen LogP contribution in [-0.4, -0.2) is 43.4 Å². The van der Waals surface area contributed by atoms with Gasteiger partial charge in [-0.15, -0.1) is 0 Å². The smallest absolute Gasteiger partial charge is 0.293 e. The molecule has 0 radical (unpaired) electrons. The number of hydrogen-bond acceptors (Lipinski definition) is 5. The third-order valence-corrected chi connectivity index (χ3v) is 3.74. The fraction of sp³-hybridized carbons (Fsp3) is 0.421. The Morgan fingerprint density at radius 2 is 1.71 bits per heavy atom. The van der Waals surface area contributed by atoms with Crippen molar-refractivity contribution in [1.29, 1.82) is 0 Å². The van der Waals surface area contributed by atoms with Crippen molar-refractivity contribution in [2.45, 2.75) is 26.4 Å². The fourth-order valence-corrected chi connectivity index (χ4v) is 2.60. The van der Waals surface area contributed by atoms with E-state index in [1.807, 2.05) is 39.0 Å². The molecule has 1 saturated heterocycles. The average Bonchev–Trinajstić information content (AvgIpc) is 2.55. The first-order chi connectivity index (χ1) is 11.4. The van der Waals surface area contributed by atoms with Gasteiger partial charge >= 0.3 is 0 Å². The second kappa shape index (κ2) is 8.02. The molecule has 5 nitrogen and oxygen atoms in total. The SMILES string of the molecule is CC(C)(C)OC=O.Oc1cccc2c(N3CCNCC3)cccc12. The lowest BCUT2D eigenvalue weighted by Crippen LogP contribution is -2.43. The minimum absolute atomic E-state index is 0.318. The number of nitrogens with one attached hydrogen (secondary N) is 1. The maximum atomic E-state index is 9.86. The first-order valence-corrected chi connectivity index (χ1v) is 8.20. The highest BCUT2D eigenvalue weighted by Crippen LogP contribution is 2.32. The van der Waals surface area contributed by atoms with Gasteiger partial charge in [0.15, 0.2) is 0 Å². The number of phenolic OH excluding ortho intramolecular Hbond substituents is 1. The zero-order valence-corrected chi connectivity index (χ0v) is 14.6. The summed E-state index contributed by atoms with van der Waals surface area (Å²) in [4.78, 5) is 12.0. The summed E-state index contributed by atoms with van der Waals surface area (Å²) in [6, 6.07) is 11.8. The van der Waals surface area contributed by atoms with Gasteiger partial charge in [-0.05, 0) is 32.9 Å². The van der Waals surface area contributed by atoms with E-state index in [-0.39, 0.29) is 5.60 Å². The van der Waals surface area contributed by atoms with E-state index in [1.165, 1.54) is 5.69 Å². The van der Waals surface area contributed by atoms with Gasteiger partial charge in [0, 0.05) is 42.6 Å². The van der Waals surface area contributed by atoms with E-state index in [4.69, 9.17) is 0 Å². The van der Waals surface area contributed by atoms with Gasteiger partial charge in [-0.25, -0.2) is 0 Å². The number of rotatable bonds is 2. The number of piperazine rings is 1. The van der Waals surface area contributed by atoms with Crippen LogP contribution >= 0.6 is 0 Å². The molecule has 5 heteroatoms. The number of ether oxygens (including phenoxy) is 1. The first kappa shape index (κ1) is 18.1. The average molecular weight is 330 g/mol. The molecule has 1 aliphatic rings. The van der Waals surface area contributed by atoms with Crippen molar-refractivity contribution in [3.8, 4) is 5.75 Å². The molecular formula is C19H26N2O3. The van der Waals surface area contributed by atoms with Gasteiger partial charge in [0.2, 0.25) is 0 Å². The topological polar surface area (TPSA) is 61.8 Å². The lowest BCUT2D eigenvalue weighted by Gasteiger charge is -2.30. The standard InChI is InChI=1S/C14H16N2O.C5H10O2/c17-14-6-2-3-11-12(14)4-1-5-13(11)16-9-7-15-8-10-16;1-5(2,3)7-4-6/h1-6,15,17H,7-10H2;4H,1-3H3. The van der Waals surface area contributed by atoms with Crippen LogP contribution in [0.2, 0.25) is 0 Å². The van der Waals surface area contributed by atoms with Crippen LogP contribution in [0.3, 0.4) is 0 Å². The molecule has 1 heterocycles. The summed E-state index contributed by atoms with van der Waals surface area (Å²) in [7, 11) is 0. The van der Waals surface area contributed by atoms with Crippen LogP contribution in [0, 0.1) is 0 Å². The van der Waals surface area contributed by atoms with Crippen molar-refractivity contribution < 1.29 is 14.6 Å². The number of hydrogen-bond donors (Lipinski definition) is 2. The van der Waals surface area contributed by atoms with Crippen molar-refractivity contribution in [1.82, 2.24) is 5.32 Å². The second-order valence-electron chi connectivity index (χ2n) is 6.71. The molecule has 0 saturated carbocycles. The Hall–Kier alpha value is -2.27. The van der Waals surface area contributed by atoms with Crippen LogP contribution in [0.5, 0.6) is 5.75 Å².